The van der Waals surface area contributed by atoms with E-state index in [0.717, 1.165) is 5.56 Å². The minimum absolute atomic E-state index is 0.283. The van der Waals surface area contributed by atoms with Crippen LogP contribution in [0, 0.1) is 0 Å². The number of hydrogen-bond donors (Lipinski definition) is 0. The maximum Gasteiger partial charge on any atom is 0.338 e. The van der Waals surface area contributed by atoms with E-state index in [2.05, 4.69) is 4.99 Å². The van der Waals surface area contributed by atoms with Gasteiger partial charge in [0.1, 0.15) is 5.75 Å². The molecule has 6 nitrogen and oxygen atoms in total. The normalized spacial score (nSPS) is 15.9. The number of halogens is 2. The van der Waals surface area contributed by atoms with Crippen molar-refractivity contribution in [1.29, 1.82) is 0 Å². The predicted molar refractivity (Wildman–Crippen MR) is 125 cm³/mol. The Balaban J connectivity index is 1.96. The molecule has 2 heterocycles. The molecule has 3 aromatic rings. The van der Waals surface area contributed by atoms with Crippen LogP contribution in [0.25, 0.3) is 6.08 Å². The van der Waals surface area contributed by atoms with Gasteiger partial charge in [-0.15, -0.1) is 0 Å². The highest BCUT2D eigenvalue weighted by atomic mass is 35.5. The predicted octanol–water partition coefficient (Wildman–Crippen LogP) is 3.72. The number of thiazole rings is 1. The van der Waals surface area contributed by atoms with Gasteiger partial charge < -0.3 is 9.47 Å². The lowest BCUT2D eigenvalue weighted by Crippen LogP contribution is -2.39. The lowest BCUT2D eigenvalue weighted by Gasteiger charge is -2.24. The highest BCUT2D eigenvalue weighted by Crippen LogP contribution is 2.31. The van der Waals surface area contributed by atoms with E-state index in [1.54, 1.807) is 50.4 Å². The first kappa shape index (κ1) is 22.3. The molecule has 1 unspecified atom stereocenters. The van der Waals surface area contributed by atoms with E-state index < -0.39 is 12.0 Å². The van der Waals surface area contributed by atoms with Crippen molar-refractivity contribution in [2.75, 3.05) is 14.2 Å². The van der Waals surface area contributed by atoms with Crippen LogP contribution in [0.15, 0.2) is 63.5 Å². The van der Waals surface area contributed by atoms with E-state index in [1.807, 2.05) is 12.1 Å². The Morgan fingerprint density at radius 1 is 1.16 bits per heavy atom. The van der Waals surface area contributed by atoms with Crippen LogP contribution in [-0.4, -0.2) is 24.8 Å². The molecule has 0 bridgehead atoms. The summed E-state index contributed by atoms with van der Waals surface area (Å²) in [5, 5.41) is 0.938. The van der Waals surface area contributed by atoms with E-state index in [0.29, 0.717) is 42.0 Å². The first-order chi connectivity index (χ1) is 15.3. The number of nitrogens with zero attached hydrogens (tertiary/aromatic N) is 2. The van der Waals surface area contributed by atoms with Crippen molar-refractivity contribution >= 4 is 46.6 Å². The summed E-state index contributed by atoms with van der Waals surface area (Å²) in [5.41, 5.74) is 1.91. The third-order valence-corrected chi connectivity index (χ3v) is 6.65. The van der Waals surface area contributed by atoms with Gasteiger partial charge in [-0.05, 0) is 48.4 Å². The fourth-order valence-electron chi connectivity index (χ4n) is 3.55. The number of aromatic nitrogens is 1. The molecule has 164 valence electrons. The minimum Gasteiger partial charge on any atom is -0.497 e. The number of allylic oxidation sites excluding steroid dienone is 1. The van der Waals surface area contributed by atoms with Crippen molar-refractivity contribution in [2.24, 2.45) is 4.99 Å². The number of carbonyl (C=O) groups excluding carboxylic acids is 1. The molecule has 2 aromatic carbocycles. The average molecular weight is 489 g/mol. The Morgan fingerprint density at radius 2 is 1.88 bits per heavy atom. The van der Waals surface area contributed by atoms with E-state index in [1.165, 1.54) is 23.0 Å². The van der Waals surface area contributed by atoms with Crippen LogP contribution in [-0.2, 0) is 9.53 Å². The quantitative estimate of drug-likeness (QED) is 0.524. The summed E-state index contributed by atoms with van der Waals surface area (Å²) < 4.78 is 12.2. The Morgan fingerprint density at radius 3 is 2.50 bits per heavy atom. The van der Waals surface area contributed by atoms with Crippen LogP contribution >= 0.6 is 34.5 Å². The smallest absolute Gasteiger partial charge is 0.338 e. The highest BCUT2D eigenvalue weighted by molar-refractivity contribution is 7.07. The van der Waals surface area contributed by atoms with Crippen LogP contribution in [0.2, 0.25) is 10.0 Å². The second kappa shape index (κ2) is 8.94. The van der Waals surface area contributed by atoms with E-state index >= 15 is 0 Å². The molecule has 0 amide bonds. The SMILES string of the molecule is COC(=O)C1=C(C)N=c2s/c(=C\c3ccc(Cl)cc3Cl)c(=O)n2C1c1ccc(OC)cc1. The summed E-state index contributed by atoms with van der Waals surface area (Å²) in [7, 11) is 2.88. The summed E-state index contributed by atoms with van der Waals surface area (Å²) in [6.07, 6.45) is 1.70. The second-order valence-corrected chi connectivity index (χ2v) is 8.87. The van der Waals surface area contributed by atoms with Crippen LogP contribution in [0.1, 0.15) is 24.1 Å². The van der Waals surface area contributed by atoms with E-state index in [-0.39, 0.29) is 5.56 Å². The Labute approximate surface area is 197 Å². The number of benzene rings is 2. The molecule has 32 heavy (non-hydrogen) atoms. The number of esters is 1. The van der Waals surface area contributed by atoms with Gasteiger partial charge in [-0.25, -0.2) is 9.79 Å². The van der Waals surface area contributed by atoms with E-state index in [9.17, 15) is 9.59 Å². The molecule has 1 aliphatic rings. The summed E-state index contributed by atoms with van der Waals surface area (Å²) in [6, 6.07) is 11.6. The van der Waals surface area contributed by atoms with Crippen molar-refractivity contribution in [2.45, 2.75) is 13.0 Å². The lowest BCUT2D eigenvalue weighted by atomic mass is 9.96. The van der Waals surface area contributed by atoms with Gasteiger partial charge in [-0.3, -0.25) is 9.36 Å². The van der Waals surface area contributed by atoms with E-state index in [4.69, 9.17) is 32.7 Å². The third-order valence-electron chi connectivity index (χ3n) is 5.11. The van der Waals surface area contributed by atoms with Gasteiger partial charge in [-0.1, -0.05) is 52.7 Å². The summed E-state index contributed by atoms with van der Waals surface area (Å²) >= 11 is 13.5. The van der Waals surface area contributed by atoms with Crippen molar-refractivity contribution in [3.63, 3.8) is 0 Å². The minimum atomic E-state index is -0.688. The monoisotopic (exact) mass is 488 g/mol. The maximum absolute atomic E-state index is 13.5. The molecule has 0 spiro atoms. The van der Waals surface area contributed by atoms with Gasteiger partial charge in [-0.2, -0.15) is 0 Å². The number of fused-ring (bicyclic) bond motifs is 1. The molecule has 0 saturated heterocycles. The molecule has 4 rings (SSSR count). The zero-order valence-corrected chi connectivity index (χ0v) is 19.7. The fraction of sp³-hybridized carbons (Fsp3) is 0.174. The molecule has 0 N–H and O–H groups in total. The molecule has 0 radical (unpaired) electrons. The Hall–Kier alpha value is -2.87. The molecule has 1 aliphatic heterocycles. The van der Waals surface area contributed by atoms with Crippen molar-refractivity contribution in [1.82, 2.24) is 4.57 Å². The zero-order valence-electron chi connectivity index (χ0n) is 17.4. The van der Waals surface area contributed by atoms with Crippen molar-refractivity contribution < 1.29 is 14.3 Å². The Kier molecular flexibility index (Phi) is 6.24. The molecule has 9 heteroatoms. The first-order valence-corrected chi connectivity index (χ1v) is 11.1. The summed E-state index contributed by atoms with van der Waals surface area (Å²) in [5.74, 6) is 0.126. The van der Waals surface area contributed by atoms with Gasteiger partial charge in [0.25, 0.3) is 5.56 Å². The molecular weight excluding hydrogens is 471 g/mol. The molecule has 0 aliphatic carbocycles. The van der Waals surface area contributed by atoms with Gasteiger partial charge in [0.2, 0.25) is 0 Å². The number of rotatable bonds is 4. The lowest BCUT2D eigenvalue weighted by molar-refractivity contribution is -0.136. The third kappa shape index (κ3) is 3.99. The largest absolute Gasteiger partial charge is 0.497 e. The van der Waals surface area contributed by atoms with Crippen molar-refractivity contribution in [3.8, 4) is 5.75 Å². The second-order valence-electron chi connectivity index (χ2n) is 7.01. The standard InChI is InChI=1S/C23H18Cl2N2O4S/c1-12-19(22(29)31-3)20(13-5-8-16(30-2)9-6-13)27-21(28)18(32-23(27)26-12)10-14-4-7-15(24)11-17(14)25/h4-11,20H,1-3H3/b18-10-. The molecule has 0 fully saturated rings. The number of methoxy groups -OCH3 is 2. The molecule has 1 atom stereocenters. The number of hydrogen-bond acceptors (Lipinski definition) is 6. The summed E-state index contributed by atoms with van der Waals surface area (Å²) in [6.45, 7) is 1.73. The van der Waals surface area contributed by atoms with Gasteiger partial charge in [0, 0.05) is 10.0 Å². The van der Waals surface area contributed by atoms with Gasteiger partial charge in [0.05, 0.1) is 36.1 Å². The number of ether oxygens (including phenoxy) is 2. The average Bonchev–Trinajstić information content (AvgIpc) is 3.09. The molecular formula is C23H18Cl2N2O4S. The maximum atomic E-state index is 13.5. The highest BCUT2D eigenvalue weighted by Gasteiger charge is 2.33. The zero-order chi connectivity index (χ0) is 23.0. The number of carbonyl (C=O) groups is 1. The van der Waals surface area contributed by atoms with Gasteiger partial charge in [0.15, 0.2) is 4.80 Å². The fourth-order valence-corrected chi connectivity index (χ4v) is 5.05. The Bertz CT molecular complexity index is 1420. The first-order valence-electron chi connectivity index (χ1n) is 9.54. The van der Waals surface area contributed by atoms with Gasteiger partial charge >= 0.3 is 5.97 Å². The van der Waals surface area contributed by atoms with Crippen LogP contribution < -0.4 is 19.6 Å². The topological polar surface area (TPSA) is 69.9 Å². The molecule has 0 saturated carbocycles. The van der Waals surface area contributed by atoms with Crippen LogP contribution in [0.5, 0.6) is 5.75 Å². The van der Waals surface area contributed by atoms with Crippen molar-refractivity contribution in [3.05, 3.63) is 94.6 Å². The molecule has 1 aromatic heterocycles. The summed E-state index contributed by atoms with van der Waals surface area (Å²) in [4.78, 5) is 31.2. The van der Waals surface area contributed by atoms with Crippen LogP contribution in [0.4, 0.5) is 0 Å². The van der Waals surface area contributed by atoms with Crippen LogP contribution in [0.3, 0.4) is 0 Å².